The molecule has 0 fully saturated rings. The van der Waals surface area contributed by atoms with Crippen LogP contribution in [0.25, 0.3) is 0 Å². The second kappa shape index (κ2) is 5.45. The van der Waals surface area contributed by atoms with Crippen LogP contribution in [0.4, 0.5) is 8.78 Å². The first kappa shape index (κ1) is 11.8. The lowest BCUT2D eigenvalue weighted by molar-refractivity contribution is -0.132. The Morgan fingerprint density at radius 2 is 1.92 bits per heavy atom. The summed E-state index contributed by atoms with van der Waals surface area (Å²) in [6.45, 7) is -0.0554. The van der Waals surface area contributed by atoms with E-state index in [2.05, 4.69) is 0 Å². The smallest absolute Gasteiger partial charge is 0.315 e. The molecule has 0 heterocycles. The summed E-state index contributed by atoms with van der Waals surface area (Å²) in [4.78, 5) is 22.5. The first-order valence-electron chi connectivity index (χ1n) is 3.71. The number of nitrogens with one attached hydrogen (secondary N) is 1. The highest BCUT2D eigenvalue weighted by Gasteiger charge is 2.14. The van der Waals surface area contributed by atoms with Gasteiger partial charge in [-0.05, 0) is 0 Å². The second-order valence-electron chi connectivity index (χ2n) is 2.63. The lowest BCUT2D eigenvalue weighted by atomic mass is 10.4. The quantitative estimate of drug-likeness (QED) is 0.676. The Labute approximate surface area is 74.9 Å². The summed E-state index contributed by atoms with van der Waals surface area (Å²) in [6.07, 6.45) is -2.99. The van der Waals surface area contributed by atoms with Crippen LogP contribution in [0.15, 0.2) is 0 Å². The molecule has 0 spiro atoms. The zero-order valence-corrected chi connectivity index (χ0v) is 7.51. The van der Waals surface area contributed by atoms with Crippen molar-refractivity contribution in [2.45, 2.75) is 12.8 Å². The number of carbonyl (C=O) groups excluding carboxylic acids is 2. The minimum absolute atomic E-state index is 0.0332. The molecule has 76 valence electrons. The minimum atomic E-state index is -3.02. The monoisotopic (exact) mass is 194 g/mol. The Morgan fingerprint density at radius 3 is 2.31 bits per heavy atom. The number of halogens is 2. The van der Waals surface area contributed by atoms with Crippen molar-refractivity contribution in [2.75, 3.05) is 20.6 Å². The van der Waals surface area contributed by atoms with Gasteiger partial charge >= 0.3 is 6.43 Å². The number of nitrogens with zero attached hydrogens (tertiary/aromatic N) is 1. The van der Waals surface area contributed by atoms with Gasteiger partial charge in [-0.3, -0.25) is 9.59 Å². The molecule has 2 amide bonds. The summed E-state index contributed by atoms with van der Waals surface area (Å²) in [5.74, 6) is -1.55. The van der Waals surface area contributed by atoms with Gasteiger partial charge in [0.15, 0.2) is 0 Å². The third-order valence-electron chi connectivity index (χ3n) is 1.34. The summed E-state index contributed by atoms with van der Waals surface area (Å²) in [6, 6.07) is 0. The van der Waals surface area contributed by atoms with Gasteiger partial charge in [0.2, 0.25) is 5.91 Å². The second-order valence-corrected chi connectivity index (χ2v) is 2.63. The molecule has 6 heteroatoms. The highest BCUT2D eigenvalue weighted by molar-refractivity contribution is 5.80. The van der Waals surface area contributed by atoms with Gasteiger partial charge < -0.3 is 10.2 Å². The molecule has 0 atom stereocenters. The van der Waals surface area contributed by atoms with Crippen LogP contribution in [0.3, 0.4) is 0 Å². The number of amides is 2. The average Bonchev–Trinajstić information content (AvgIpc) is 2.03. The van der Waals surface area contributed by atoms with Crippen molar-refractivity contribution in [3.63, 3.8) is 0 Å². The molecule has 0 aliphatic carbocycles. The summed E-state index contributed by atoms with van der Waals surface area (Å²) in [5, 5.41) is 1.93. The van der Waals surface area contributed by atoms with Gasteiger partial charge in [-0.25, -0.2) is 0 Å². The Balaban J connectivity index is 3.57. The van der Waals surface area contributed by atoms with Crippen LogP contribution in [-0.2, 0) is 9.59 Å². The highest BCUT2D eigenvalue weighted by Crippen LogP contribution is 1.91. The van der Waals surface area contributed by atoms with Crippen molar-refractivity contribution in [1.29, 1.82) is 0 Å². The summed E-state index contributed by atoms with van der Waals surface area (Å²) < 4.78 is 23.2. The molecule has 0 rings (SSSR count). The number of rotatable bonds is 4. The van der Waals surface area contributed by atoms with Crippen LogP contribution in [-0.4, -0.2) is 43.8 Å². The predicted molar refractivity (Wildman–Crippen MR) is 42.3 cm³/mol. The molecule has 0 bridgehead atoms. The number of hydrogen-bond donors (Lipinski definition) is 1. The number of carbonyl (C=O) groups is 2. The minimum Gasteiger partial charge on any atom is -0.351 e. The molecular formula is C7H12F2N2O2. The normalized spacial score (nSPS) is 9.92. The largest absolute Gasteiger partial charge is 0.351 e. The summed E-state index contributed by atoms with van der Waals surface area (Å²) in [5.41, 5.74) is 0. The third kappa shape index (κ3) is 5.10. The van der Waals surface area contributed by atoms with Gasteiger partial charge in [-0.2, -0.15) is 8.78 Å². The van der Waals surface area contributed by atoms with Crippen LogP contribution < -0.4 is 5.32 Å². The number of alkyl halides is 2. The highest BCUT2D eigenvalue weighted by atomic mass is 19.3. The lowest BCUT2D eigenvalue weighted by Crippen LogP contribution is -2.33. The maximum Gasteiger partial charge on any atom is 0.315 e. The standard InChI is InChI=1S/C7H12F2N2O2/c1-11(2)5(12)3-4-10-7(13)6(8)9/h6H,3-4H2,1-2H3,(H,10,13). The van der Waals surface area contributed by atoms with E-state index in [1.807, 2.05) is 5.32 Å². The molecule has 0 unspecified atom stereocenters. The summed E-state index contributed by atoms with van der Waals surface area (Å²) >= 11 is 0. The average molecular weight is 194 g/mol. The van der Waals surface area contributed by atoms with Crippen LogP contribution in [0, 0.1) is 0 Å². The maximum absolute atomic E-state index is 11.6. The van der Waals surface area contributed by atoms with E-state index in [-0.39, 0.29) is 18.9 Å². The van der Waals surface area contributed by atoms with Gasteiger partial charge in [0.25, 0.3) is 5.91 Å². The van der Waals surface area contributed by atoms with Crippen LogP contribution in [0.5, 0.6) is 0 Å². The predicted octanol–water partition coefficient (Wildman–Crippen LogP) is -0.154. The first-order valence-corrected chi connectivity index (χ1v) is 3.71. The topological polar surface area (TPSA) is 49.4 Å². The van der Waals surface area contributed by atoms with Crippen molar-refractivity contribution >= 4 is 11.8 Å². The molecule has 0 radical (unpaired) electrons. The van der Waals surface area contributed by atoms with E-state index in [4.69, 9.17) is 0 Å². The molecule has 0 aromatic carbocycles. The fourth-order valence-corrected chi connectivity index (χ4v) is 0.593. The fraction of sp³-hybridized carbons (Fsp3) is 0.714. The first-order chi connectivity index (χ1) is 5.95. The molecule has 13 heavy (non-hydrogen) atoms. The van der Waals surface area contributed by atoms with Crippen molar-refractivity contribution in [3.05, 3.63) is 0 Å². The van der Waals surface area contributed by atoms with E-state index in [1.165, 1.54) is 4.90 Å². The van der Waals surface area contributed by atoms with E-state index in [9.17, 15) is 18.4 Å². The van der Waals surface area contributed by atoms with E-state index in [1.54, 1.807) is 14.1 Å². The maximum atomic E-state index is 11.6. The van der Waals surface area contributed by atoms with Gasteiger partial charge in [0.1, 0.15) is 0 Å². The lowest BCUT2D eigenvalue weighted by Gasteiger charge is -2.10. The van der Waals surface area contributed by atoms with Crippen LogP contribution in [0.1, 0.15) is 6.42 Å². The van der Waals surface area contributed by atoms with Gasteiger partial charge in [-0.1, -0.05) is 0 Å². The molecule has 0 saturated heterocycles. The van der Waals surface area contributed by atoms with E-state index in [0.29, 0.717) is 0 Å². The molecule has 1 N–H and O–H groups in total. The van der Waals surface area contributed by atoms with E-state index in [0.717, 1.165) is 0 Å². The van der Waals surface area contributed by atoms with Crippen molar-refractivity contribution in [1.82, 2.24) is 10.2 Å². The fourth-order valence-electron chi connectivity index (χ4n) is 0.593. The molecule has 0 aliphatic rings. The van der Waals surface area contributed by atoms with E-state index < -0.39 is 12.3 Å². The van der Waals surface area contributed by atoms with Crippen LogP contribution >= 0.6 is 0 Å². The van der Waals surface area contributed by atoms with Crippen molar-refractivity contribution < 1.29 is 18.4 Å². The number of hydrogen-bond acceptors (Lipinski definition) is 2. The Morgan fingerprint density at radius 1 is 1.38 bits per heavy atom. The Kier molecular flexibility index (Phi) is 4.94. The third-order valence-corrected chi connectivity index (χ3v) is 1.34. The SMILES string of the molecule is CN(C)C(=O)CCNC(=O)C(F)F. The van der Waals surface area contributed by atoms with Gasteiger partial charge in [0.05, 0.1) is 0 Å². The van der Waals surface area contributed by atoms with E-state index >= 15 is 0 Å². The molecule has 0 aliphatic heterocycles. The zero-order chi connectivity index (χ0) is 10.4. The van der Waals surface area contributed by atoms with Gasteiger partial charge in [0, 0.05) is 27.1 Å². The molecule has 0 saturated carbocycles. The van der Waals surface area contributed by atoms with Gasteiger partial charge in [-0.15, -0.1) is 0 Å². The zero-order valence-electron chi connectivity index (χ0n) is 7.51. The van der Waals surface area contributed by atoms with Crippen molar-refractivity contribution in [2.24, 2.45) is 0 Å². The summed E-state index contributed by atoms with van der Waals surface area (Å²) in [7, 11) is 3.11. The molecule has 0 aromatic heterocycles. The Bertz CT molecular complexity index is 175. The molecule has 0 aromatic rings. The van der Waals surface area contributed by atoms with Crippen LogP contribution in [0.2, 0.25) is 0 Å². The van der Waals surface area contributed by atoms with Crippen molar-refractivity contribution in [3.8, 4) is 0 Å². The molecular weight excluding hydrogens is 182 g/mol. The molecule has 4 nitrogen and oxygen atoms in total. The Hall–Kier alpha value is -1.20.